The minimum Gasteiger partial charge on any atom is -0.322 e. The van der Waals surface area contributed by atoms with Crippen LogP contribution in [0.3, 0.4) is 0 Å². The Morgan fingerprint density at radius 3 is 1.97 bits per heavy atom. The topological polar surface area (TPSA) is 84.5 Å². The van der Waals surface area contributed by atoms with Crippen LogP contribution >= 0.6 is 34.8 Å². The van der Waals surface area contributed by atoms with E-state index in [-0.39, 0.29) is 37.1 Å². The van der Waals surface area contributed by atoms with Crippen molar-refractivity contribution in [1.29, 1.82) is 0 Å². The maximum Gasteiger partial charge on any atom is 0.324 e. The summed E-state index contributed by atoms with van der Waals surface area (Å²) >= 11 is 18.4. The number of rotatable bonds is 4. The maximum absolute atomic E-state index is 13.6. The molecule has 2 aromatic rings. The smallest absolute Gasteiger partial charge is 0.322 e. The molecule has 2 saturated heterocycles. The lowest BCUT2D eigenvalue weighted by atomic mass is 9.93. The van der Waals surface area contributed by atoms with Crippen molar-refractivity contribution in [1.82, 2.24) is 19.0 Å². The SMILES string of the molecule is CN(C(=O)N(C)C1CN(C(=O)N2CCN(S(C)(=O)=O)CC2)CC1c1ccc(Cl)cc1)c1cc(Cl)cc(Cl)c1. The van der Waals surface area contributed by atoms with Crippen LogP contribution in [0.2, 0.25) is 15.1 Å². The van der Waals surface area contributed by atoms with Gasteiger partial charge in [-0.05, 0) is 35.9 Å². The van der Waals surface area contributed by atoms with E-state index in [1.165, 1.54) is 15.5 Å². The van der Waals surface area contributed by atoms with Crippen LogP contribution in [0.5, 0.6) is 0 Å². The molecule has 13 heteroatoms. The van der Waals surface area contributed by atoms with Gasteiger partial charge in [-0.25, -0.2) is 18.0 Å². The van der Waals surface area contributed by atoms with Crippen molar-refractivity contribution in [2.75, 3.05) is 64.5 Å². The normalized spacial score (nSPS) is 20.5. The van der Waals surface area contributed by atoms with Crippen LogP contribution < -0.4 is 4.90 Å². The summed E-state index contributed by atoms with van der Waals surface area (Å²) in [6, 6.07) is 11.6. The number of amides is 4. The molecule has 2 aliphatic heterocycles. The van der Waals surface area contributed by atoms with Gasteiger partial charge in [-0.2, -0.15) is 4.31 Å². The number of anilines is 1. The Morgan fingerprint density at radius 2 is 1.42 bits per heavy atom. The van der Waals surface area contributed by atoms with Crippen LogP contribution in [0, 0.1) is 0 Å². The molecule has 2 atom stereocenters. The Morgan fingerprint density at radius 1 is 0.842 bits per heavy atom. The third kappa shape index (κ3) is 6.31. The van der Waals surface area contributed by atoms with Gasteiger partial charge in [0.25, 0.3) is 0 Å². The molecular formula is C25H30Cl3N5O4S. The van der Waals surface area contributed by atoms with Gasteiger partial charge in [0, 0.05) is 80.0 Å². The number of carbonyl (C=O) groups is 2. The molecule has 9 nitrogen and oxygen atoms in total. The average Bonchev–Trinajstić information content (AvgIpc) is 3.32. The summed E-state index contributed by atoms with van der Waals surface area (Å²) in [5, 5.41) is 1.44. The Hall–Kier alpha value is -2.24. The van der Waals surface area contributed by atoms with Crippen LogP contribution in [0.15, 0.2) is 42.5 Å². The van der Waals surface area contributed by atoms with Crippen molar-refractivity contribution in [3.8, 4) is 0 Å². The van der Waals surface area contributed by atoms with Gasteiger partial charge in [0.1, 0.15) is 0 Å². The van der Waals surface area contributed by atoms with Crippen molar-refractivity contribution in [3.05, 3.63) is 63.1 Å². The number of nitrogens with zero attached hydrogens (tertiary/aromatic N) is 5. The van der Waals surface area contributed by atoms with E-state index in [9.17, 15) is 18.0 Å². The molecule has 0 N–H and O–H groups in total. The first-order valence-corrected chi connectivity index (χ1v) is 15.0. The summed E-state index contributed by atoms with van der Waals surface area (Å²) < 4.78 is 25.1. The number of likely N-dealkylation sites (tertiary alicyclic amines) is 1. The minimum absolute atomic E-state index is 0.154. The Balaban J connectivity index is 1.55. The number of urea groups is 2. The monoisotopic (exact) mass is 601 g/mol. The molecule has 0 radical (unpaired) electrons. The standard InChI is InChI=1S/C25H30Cl3N5O4S/c1-29(21-13-19(27)12-20(28)14-21)24(34)30(2)23-16-32(15-22(23)17-4-6-18(26)7-5-17)25(35)31-8-10-33(11-9-31)38(3,36)37/h4-7,12-14,22-23H,8-11,15-16H2,1-3H3. The molecule has 0 saturated carbocycles. The van der Waals surface area contributed by atoms with Crippen molar-refractivity contribution >= 4 is 62.6 Å². The van der Waals surface area contributed by atoms with Gasteiger partial charge in [-0.1, -0.05) is 46.9 Å². The highest BCUT2D eigenvalue weighted by atomic mass is 35.5. The Kier molecular flexibility index (Phi) is 8.68. The lowest BCUT2D eigenvalue weighted by Gasteiger charge is -2.35. The average molecular weight is 603 g/mol. The Labute approximate surface area is 238 Å². The molecule has 2 fully saturated rings. The number of hydrogen-bond acceptors (Lipinski definition) is 4. The molecule has 0 bridgehead atoms. The Bertz CT molecular complexity index is 1280. The van der Waals surface area contributed by atoms with E-state index in [4.69, 9.17) is 34.8 Å². The molecule has 2 aliphatic rings. The van der Waals surface area contributed by atoms with Crippen LogP contribution in [-0.4, -0.2) is 105 Å². The largest absolute Gasteiger partial charge is 0.324 e. The highest BCUT2D eigenvalue weighted by molar-refractivity contribution is 7.88. The molecule has 0 aliphatic carbocycles. The van der Waals surface area contributed by atoms with E-state index in [2.05, 4.69) is 0 Å². The summed E-state index contributed by atoms with van der Waals surface area (Å²) in [5.74, 6) is -0.154. The number of carbonyl (C=O) groups excluding carboxylic acids is 2. The molecule has 4 rings (SSSR count). The second-order valence-electron chi connectivity index (χ2n) is 9.64. The summed E-state index contributed by atoms with van der Waals surface area (Å²) in [6.45, 7) is 1.87. The fraction of sp³-hybridized carbons (Fsp3) is 0.440. The quantitative estimate of drug-likeness (QED) is 0.523. The zero-order valence-corrected chi connectivity index (χ0v) is 24.4. The first-order valence-electron chi connectivity index (χ1n) is 12.1. The highest BCUT2D eigenvalue weighted by Crippen LogP contribution is 2.34. The van der Waals surface area contributed by atoms with Gasteiger partial charge in [0.05, 0.1) is 12.3 Å². The van der Waals surface area contributed by atoms with Crippen LogP contribution in [-0.2, 0) is 10.0 Å². The second kappa shape index (κ2) is 11.5. The number of benzene rings is 2. The summed E-state index contributed by atoms with van der Waals surface area (Å²) in [5.41, 5.74) is 1.52. The predicted molar refractivity (Wildman–Crippen MR) is 151 cm³/mol. The molecule has 0 aromatic heterocycles. The van der Waals surface area contributed by atoms with Crippen molar-refractivity contribution < 1.29 is 18.0 Å². The van der Waals surface area contributed by atoms with E-state index in [0.29, 0.717) is 46.9 Å². The second-order valence-corrected chi connectivity index (χ2v) is 12.9. The van der Waals surface area contributed by atoms with Crippen molar-refractivity contribution in [3.63, 3.8) is 0 Å². The summed E-state index contributed by atoms with van der Waals surface area (Å²) in [6.07, 6.45) is 1.17. The van der Waals surface area contributed by atoms with Gasteiger partial charge < -0.3 is 14.7 Å². The fourth-order valence-electron chi connectivity index (χ4n) is 5.01. The minimum atomic E-state index is -3.30. The maximum atomic E-state index is 13.6. The molecule has 2 unspecified atom stereocenters. The number of halogens is 3. The lowest BCUT2D eigenvalue weighted by molar-refractivity contribution is 0.139. The third-order valence-corrected chi connectivity index (χ3v) is 9.15. The molecule has 2 aromatic carbocycles. The van der Waals surface area contributed by atoms with E-state index >= 15 is 0 Å². The lowest BCUT2D eigenvalue weighted by Crippen LogP contribution is -2.54. The number of sulfonamides is 1. The van der Waals surface area contributed by atoms with Gasteiger partial charge >= 0.3 is 12.1 Å². The highest BCUT2D eigenvalue weighted by Gasteiger charge is 2.42. The summed E-state index contributed by atoms with van der Waals surface area (Å²) in [7, 11) is 0.0669. The molecule has 38 heavy (non-hydrogen) atoms. The molecule has 2 heterocycles. The molecule has 206 valence electrons. The van der Waals surface area contributed by atoms with Crippen LogP contribution in [0.25, 0.3) is 0 Å². The van der Waals surface area contributed by atoms with Crippen LogP contribution in [0.1, 0.15) is 11.5 Å². The summed E-state index contributed by atoms with van der Waals surface area (Å²) in [4.78, 5) is 33.6. The van der Waals surface area contributed by atoms with Crippen molar-refractivity contribution in [2.45, 2.75) is 12.0 Å². The van der Waals surface area contributed by atoms with Crippen molar-refractivity contribution in [2.24, 2.45) is 0 Å². The van der Waals surface area contributed by atoms with Crippen LogP contribution in [0.4, 0.5) is 15.3 Å². The molecular weight excluding hydrogens is 573 g/mol. The van der Waals surface area contributed by atoms with Gasteiger partial charge in [-0.15, -0.1) is 0 Å². The van der Waals surface area contributed by atoms with E-state index in [0.717, 1.165) is 5.56 Å². The van der Waals surface area contributed by atoms with E-state index < -0.39 is 10.0 Å². The van der Waals surface area contributed by atoms with Gasteiger partial charge in [0.15, 0.2) is 0 Å². The molecule has 0 spiro atoms. The fourth-order valence-corrected chi connectivity index (χ4v) is 6.47. The first kappa shape index (κ1) is 28.8. The number of piperazine rings is 1. The predicted octanol–water partition coefficient (Wildman–Crippen LogP) is 4.30. The number of hydrogen-bond donors (Lipinski definition) is 0. The van der Waals surface area contributed by atoms with Gasteiger partial charge in [0.2, 0.25) is 10.0 Å². The zero-order chi connectivity index (χ0) is 27.8. The van der Waals surface area contributed by atoms with E-state index in [1.807, 2.05) is 12.1 Å². The first-order chi connectivity index (χ1) is 17.8. The number of likely N-dealkylation sites (N-methyl/N-ethyl adjacent to an activating group) is 1. The third-order valence-electron chi connectivity index (χ3n) is 7.16. The molecule has 4 amide bonds. The zero-order valence-electron chi connectivity index (χ0n) is 21.3. The van der Waals surface area contributed by atoms with Gasteiger partial charge in [-0.3, -0.25) is 4.90 Å². The van der Waals surface area contributed by atoms with E-state index in [1.54, 1.807) is 59.1 Å².